The minimum absolute atomic E-state index is 0.0410. The number of furan rings is 1. The molecule has 0 aliphatic heterocycles. The Morgan fingerprint density at radius 3 is 2.74 bits per heavy atom. The molecule has 0 saturated heterocycles. The molecule has 206 valence electrons. The minimum Gasteiger partial charge on any atom is -0.493 e. The maximum absolute atomic E-state index is 13.3. The molecule has 3 rings (SSSR count). The summed E-state index contributed by atoms with van der Waals surface area (Å²) in [5.74, 6) is -0.174. The van der Waals surface area contributed by atoms with Gasteiger partial charge in [0.25, 0.3) is 0 Å². The number of aldehydes is 1. The lowest BCUT2D eigenvalue weighted by Crippen LogP contribution is -2.55. The van der Waals surface area contributed by atoms with E-state index in [-0.39, 0.29) is 62.1 Å². The van der Waals surface area contributed by atoms with E-state index in [1.165, 1.54) is 43.8 Å². The zero-order valence-electron chi connectivity index (χ0n) is 21.1. The molecule has 38 heavy (non-hydrogen) atoms. The molecule has 1 aromatic carbocycles. The van der Waals surface area contributed by atoms with Crippen molar-refractivity contribution in [3.63, 3.8) is 0 Å². The highest BCUT2D eigenvalue weighted by molar-refractivity contribution is 14.1. The summed E-state index contributed by atoms with van der Waals surface area (Å²) in [6.45, 7) is 0.112. The summed E-state index contributed by atoms with van der Waals surface area (Å²) in [5, 5.41) is 23.3. The Morgan fingerprint density at radius 1 is 1.32 bits per heavy atom. The van der Waals surface area contributed by atoms with Gasteiger partial charge in [-0.15, -0.1) is 0 Å². The zero-order valence-corrected chi connectivity index (χ0v) is 23.3. The highest BCUT2D eigenvalue weighted by Gasteiger charge is 2.41. The van der Waals surface area contributed by atoms with E-state index in [9.17, 15) is 19.5 Å². The first-order valence-corrected chi connectivity index (χ1v) is 13.0. The lowest BCUT2D eigenvalue weighted by atomic mass is 9.87. The number of rotatable bonds is 13. The molecule has 2 aromatic rings. The first kappa shape index (κ1) is 29.6. The van der Waals surface area contributed by atoms with Crippen molar-refractivity contribution in [2.24, 2.45) is 0 Å². The van der Waals surface area contributed by atoms with Gasteiger partial charge < -0.3 is 39.1 Å². The van der Waals surface area contributed by atoms with Crippen LogP contribution in [0.25, 0.3) is 0 Å². The number of ether oxygens (including phenoxy) is 3. The maximum atomic E-state index is 13.3. The summed E-state index contributed by atoms with van der Waals surface area (Å²) in [6, 6.07) is 4.00. The van der Waals surface area contributed by atoms with E-state index < -0.39 is 24.2 Å². The molecule has 1 aliphatic rings. The number of aliphatic hydroxyl groups excluding tert-OH is 2. The van der Waals surface area contributed by atoms with E-state index in [2.05, 4.69) is 5.32 Å². The van der Waals surface area contributed by atoms with Crippen LogP contribution >= 0.6 is 22.6 Å². The first-order valence-electron chi connectivity index (χ1n) is 11.9. The number of halogens is 1. The number of amides is 2. The van der Waals surface area contributed by atoms with Crippen LogP contribution in [0.4, 0.5) is 0 Å². The van der Waals surface area contributed by atoms with E-state index in [0.717, 1.165) is 0 Å². The molecule has 3 atom stereocenters. The van der Waals surface area contributed by atoms with Gasteiger partial charge in [-0.1, -0.05) is 0 Å². The van der Waals surface area contributed by atoms with Crippen LogP contribution in [-0.2, 0) is 20.9 Å². The van der Waals surface area contributed by atoms with Crippen molar-refractivity contribution in [1.29, 1.82) is 0 Å². The molecule has 1 aromatic heterocycles. The van der Waals surface area contributed by atoms with Gasteiger partial charge in [-0.25, -0.2) is 0 Å². The summed E-state index contributed by atoms with van der Waals surface area (Å²) in [4.78, 5) is 39.0. The first-order chi connectivity index (χ1) is 18.3. The average Bonchev–Trinajstić information content (AvgIpc) is 3.44. The Bertz CT molecular complexity index is 1140. The van der Waals surface area contributed by atoms with Gasteiger partial charge in [0, 0.05) is 43.3 Å². The standard InChI is InChI=1S/C26H31IN2O9/c1-35-7-4-23(32)29(13-16-3-8-37-15-16)20-11-18(26(34)28-5-6-30)12-21(24(20)33)38-25-19(27)9-17(14-31)10-22(25)36-2/h3,8-10,12,14-15,20-21,24,30,33H,4-7,11,13H2,1-2H3,(H,28,34). The van der Waals surface area contributed by atoms with Gasteiger partial charge in [0.2, 0.25) is 11.8 Å². The van der Waals surface area contributed by atoms with E-state index in [0.29, 0.717) is 21.0 Å². The molecule has 1 aliphatic carbocycles. The number of nitrogens with one attached hydrogen (secondary N) is 1. The predicted octanol–water partition coefficient (Wildman–Crippen LogP) is 1.69. The van der Waals surface area contributed by atoms with Crippen molar-refractivity contribution in [2.45, 2.75) is 37.6 Å². The van der Waals surface area contributed by atoms with Crippen LogP contribution in [0.5, 0.6) is 11.5 Å². The third-order valence-corrected chi connectivity index (χ3v) is 6.83. The largest absolute Gasteiger partial charge is 0.493 e. The second-order valence-corrected chi connectivity index (χ2v) is 9.73. The fraction of sp³-hybridized carbons (Fsp3) is 0.423. The van der Waals surface area contributed by atoms with Crippen molar-refractivity contribution in [1.82, 2.24) is 10.2 Å². The SMILES string of the molecule is COCCC(=O)N(Cc1ccoc1)C1CC(C(=O)NCCO)=CC(Oc2c(I)cc(C=O)cc2OC)C1O. The van der Waals surface area contributed by atoms with Crippen LogP contribution in [0.2, 0.25) is 0 Å². The molecular formula is C26H31IN2O9. The van der Waals surface area contributed by atoms with Crippen LogP contribution < -0.4 is 14.8 Å². The van der Waals surface area contributed by atoms with Crippen LogP contribution in [0.1, 0.15) is 28.8 Å². The van der Waals surface area contributed by atoms with Crippen molar-refractivity contribution in [3.8, 4) is 11.5 Å². The monoisotopic (exact) mass is 642 g/mol. The van der Waals surface area contributed by atoms with Crippen molar-refractivity contribution < 1.29 is 43.2 Å². The molecule has 0 fully saturated rings. The number of aliphatic hydroxyl groups is 2. The molecule has 3 N–H and O–H groups in total. The second-order valence-electron chi connectivity index (χ2n) is 8.56. The number of hydrogen-bond acceptors (Lipinski definition) is 9. The molecule has 12 heteroatoms. The molecule has 0 saturated carbocycles. The fourth-order valence-corrected chi connectivity index (χ4v) is 4.89. The second kappa shape index (κ2) is 14.3. The Labute approximate surface area is 233 Å². The Hall–Kier alpha value is -2.94. The molecule has 3 unspecified atom stereocenters. The Balaban J connectivity index is 2.01. The average molecular weight is 642 g/mol. The van der Waals surface area contributed by atoms with Gasteiger partial charge in [-0.05, 0) is 46.9 Å². The number of nitrogens with zero attached hydrogens (tertiary/aromatic N) is 1. The van der Waals surface area contributed by atoms with Crippen molar-refractivity contribution in [3.05, 3.63) is 57.1 Å². The number of carbonyl (C=O) groups excluding carboxylic acids is 3. The third-order valence-electron chi connectivity index (χ3n) is 6.03. The van der Waals surface area contributed by atoms with Crippen LogP contribution in [0.15, 0.2) is 46.8 Å². The van der Waals surface area contributed by atoms with Crippen LogP contribution in [0.3, 0.4) is 0 Å². The van der Waals surface area contributed by atoms with E-state index in [4.69, 9.17) is 23.7 Å². The maximum Gasteiger partial charge on any atom is 0.247 e. The van der Waals surface area contributed by atoms with E-state index in [1.807, 2.05) is 22.6 Å². The Morgan fingerprint density at radius 2 is 2.11 bits per heavy atom. The normalized spacial score (nSPS) is 18.9. The molecular weight excluding hydrogens is 611 g/mol. The lowest BCUT2D eigenvalue weighted by molar-refractivity contribution is -0.140. The molecule has 0 bridgehead atoms. The molecule has 11 nitrogen and oxygen atoms in total. The smallest absolute Gasteiger partial charge is 0.247 e. The number of benzene rings is 1. The quantitative estimate of drug-likeness (QED) is 0.219. The highest BCUT2D eigenvalue weighted by Crippen LogP contribution is 2.37. The summed E-state index contributed by atoms with van der Waals surface area (Å²) in [7, 11) is 2.92. The van der Waals surface area contributed by atoms with Gasteiger partial charge in [0.1, 0.15) is 18.5 Å². The van der Waals surface area contributed by atoms with E-state index in [1.54, 1.807) is 12.1 Å². The van der Waals surface area contributed by atoms with Gasteiger partial charge in [0.15, 0.2) is 11.5 Å². The van der Waals surface area contributed by atoms with Crippen LogP contribution in [-0.4, -0.2) is 85.4 Å². The number of methoxy groups -OCH3 is 2. The highest BCUT2D eigenvalue weighted by atomic mass is 127. The minimum atomic E-state index is -1.23. The molecule has 0 radical (unpaired) electrons. The zero-order chi connectivity index (χ0) is 27.7. The van der Waals surface area contributed by atoms with E-state index >= 15 is 0 Å². The summed E-state index contributed by atoms with van der Waals surface area (Å²) in [5.41, 5.74) is 1.38. The third kappa shape index (κ3) is 7.34. The van der Waals surface area contributed by atoms with Gasteiger partial charge in [-0.3, -0.25) is 14.4 Å². The van der Waals surface area contributed by atoms with Gasteiger partial charge in [0.05, 0.1) is 48.9 Å². The van der Waals surface area contributed by atoms with Gasteiger partial charge >= 0.3 is 0 Å². The van der Waals surface area contributed by atoms with Crippen LogP contribution in [0, 0.1) is 3.57 Å². The number of hydrogen-bond donors (Lipinski definition) is 3. The molecule has 2 amide bonds. The van der Waals surface area contributed by atoms with Gasteiger partial charge in [-0.2, -0.15) is 0 Å². The predicted molar refractivity (Wildman–Crippen MR) is 144 cm³/mol. The topological polar surface area (TPSA) is 148 Å². The van der Waals surface area contributed by atoms with Crippen molar-refractivity contribution in [2.75, 3.05) is 34.0 Å². The molecule has 0 spiro atoms. The summed E-state index contributed by atoms with van der Waals surface area (Å²) in [6.07, 6.45) is 3.03. The summed E-state index contributed by atoms with van der Waals surface area (Å²) < 4.78 is 22.4. The lowest BCUT2D eigenvalue weighted by Gasteiger charge is -2.40. The molecule has 1 heterocycles. The fourth-order valence-electron chi connectivity index (χ4n) is 4.14. The van der Waals surface area contributed by atoms with Crippen molar-refractivity contribution >= 4 is 40.7 Å². The number of carbonyl (C=O) groups is 3. The summed E-state index contributed by atoms with van der Waals surface area (Å²) >= 11 is 2.00. The Kier molecular flexibility index (Phi) is 11.1.